The molecule has 2 heterocycles. The third-order valence-electron chi connectivity index (χ3n) is 15.6. The topological polar surface area (TPSA) is 649 Å². The van der Waals surface area contributed by atoms with Gasteiger partial charge < -0.3 is 91.6 Å². The second-order valence-corrected chi connectivity index (χ2v) is 30.4. The van der Waals surface area contributed by atoms with Gasteiger partial charge in [0, 0.05) is 111 Å². The quantitative estimate of drug-likeness (QED) is 0.00323. The molecule has 0 unspecified atom stereocenters. The van der Waals surface area contributed by atoms with Crippen molar-refractivity contribution in [1.29, 1.82) is 0 Å². The Labute approximate surface area is 823 Å². The molecule has 0 aliphatic heterocycles. The van der Waals surface area contributed by atoms with E-state index in [9.17, 15) is 79.9 Å². The number of amides is 2. The van der Waals surface area contributed by atoms with Gasteiger partial charge in [-0.3, -0.25) is 15.1 Å². The summed E-state index contributed by atoms with van der Waals surface area (Å²) in [5.74, 6) is 0.0545. The van der Waals surface area contributed by atoms with Crippen molar-refractivity contribution in [3.05, 3.63) is 182 Å². The van der Waals surface area contributed by atoms with Crippen LogP contribution in [-0.2, 0) is 58.5 Å². The Kier molecular flexibility index (Phi) is 49.6. The van der Waals surface area contributed by atoms with Crippen LogP contribution >= 0.6 is 36.1 Å². The minimum atomic E-state index is -4.86. The fraction of sp³-hybridized carbons (Fsp3) is 0.174. The summed E-state index contributed by atoms with van der Waals surface area (Å²) in [6.45, 7) is -0.531. The fourth-order valence-corrected chi connectivity index (χ4v) is 12.7. The number of fused-ring (bicyclic) bond motifs is 2. The van der Waals surface area contributed by atoms with Crippen LogP contribution < -0.4 is 192 Å². The molecule has 11 rings (SSSR count). The van der Waals surface area contributed by atoms with Crippen LogP contribution in [0.25, 0.3) is 21.5 Å². The number of urea groups is 1. The predicted molar refractivity (Wildman–Crippen MR) is 427 cm³/mol. The predicted octanol–water partition coefficient (Wildman–Crippen LogP) is -9.04. The average molecular weight is 1840 g/mol. The van der Waals surface area contributed by atoms with Crippen LogP contribution in [0.1, 0.15) is 0 Å². The fourth-order valence-electron chi connectivity index (χ4n) is 10.3. The van der Waals surface area contributed by atoms with Gasteiger partial charge in [0.2, 0.25) is 35.7 Å². The summed E-state index contributed by atoms with van der Waals surface area (Å²) >= 11 is 2.22. The van der Waals surface area contributed by atoms with Crippen LogP contribution in [0.15, 0.2) is 242 Å². The van der Waals surface area contributed by atoms with E-state index in [1.807, 2.05) is 0 Å². The Hall–Kier alpha value is -7.36. The van der Waals surface area contributed by atoms with Gasteiger partial charge in [0.1, 0.15) is 20.2 Å². The summed E-state index contributed by atoms with van der Waals surface area (Å²) in [5.41, 5.74) is 4.83. The maximum atomic E-state index is 12.9. The van der Waals surface area contributed by atoms with E-state index < -0.39 is 51.9 Å². The van der Waals surface area contributed by atoms with Crippen LogP contribution in [-0.4, -0.2) is 172 Å². The number of nitrogens with one attached hydrogen (secondary N) is 6. The van der Waals surface area contributed by atoms with Gasteiger partial charge in [0.15, 0.2) is 0 Å². The maximum Gasteiger partial charge on any atom is 1.00 e. The molecule has 57 heteroatoms. The van der Waals surface area contributed by atoms with Gasteiger partial charge in [-0.05, 0) is 164 Å². The van der Waals surface area contributed by atoms with Crippen molar-refractivity contribution >= 4 is 198 Å². The molecule has 45 nitrogen and oxygen atoms in total. The third-order valence-corrected chi connectivity index (χ3v) is 19.7. The Bertz CT molecular complexity index is 5810. The summed E-state index contributed by atoms with van der Waals surface area (Å²) in [5, 5.41) is 132. The molecule has 126 heavy (non-hydrogen) atoms. The van der Waals surface area contributed by atoms with Crippen molar-refractivity contribution in [2.24, 2.45) is 40.9 Å². The first kappa shape index (κ1) is 111. The van der Waals surface area contributed by atoms with E-state index in [-0.39, 0.29) is 258 Å². The molecule has 2 aromatic heterocycles. The second kappa shape index (κ2) is 56.3. The summed E-state index contributed by atoms with van der Waals surface area (Å²) in [6, 6.07) is 45.8. The molecule has 0 atom stereocenters. The zero-order valence-corrected chi connectivity index (χ0v) is 76.4. The van der Waals surface area contributed by atoms with E-state index in [2.05, 4.69) is 131 Å². The van der Waals surface area contributed by atoms with E-state index in [1.54, 1.807) is 138 Å². The molecule has 0 fully saturated rings. The second-order valence-electron chi connectivity index (χ2n) is 23.8. The number of hydrogen-bond acceptors (Lipinski definition) is 46. The average Bonchev–Trinajstić information content (AvgIpc) is 0.725. The Morgan fingerprint density at radius 1 is 0.397 bits per heavy atom. The van der Waals surface area contributed by atoms with Crippen LogP contribution in [0.2, 0.25) is 0 Å². The number of azo groups is 4. The molecule has 0 radical (unpaired) electrons. The summed E-state index contributed by atoms with van der Waals surface area (Å²) in [7, 11) is -14.0. The number of carbonyl (C=O) groups is 1. The SMILES string of the molecule is O=C(Nc1ccc(N=Nc2ccc(N=Nc3ccc(SOO[O-])cc3)c3cc(SOO[O-])ccc23)cc1)Nc1ccc(N=Nc2ccc(N=Nc3ccc(S(=O)(=O)[O-])cc3)c3cc(S(=O)(=O)[O-])ccc23)cc1.O=S(=O)([O-])CCNc1nc(Nc2cccc(Nc3nc(NCCSOO[O-])nc(N(CCO)CCO)n3)c2)nc(N(CCO)CCO)n1.[Li+].[Li+].[Li+].[Li+].[Na+].[Na+]. The first-order valence-electron chi connectivity index (χ1n) is 34.5. The number of rotatable bonds is 42. The van der Waals surface area contributed by atoms with E-state index in [4.69, 9.17) is 0 Å². The van der Waals surface area contributed by atoms with Crippen molar-refractivity contribution in [3.8, 4) is 0 Å². The number of anilines is 10. The summed E-state index contributed by atoms with van der Waals surface area (Å²) < 4.78 is 116. The number of aromatic nitrogens is 6. The van der Waals surface area contributed by atoms with E-state index in [1.165, 1.54) is 29.2 Å². The van der Waals surface area contributed by atoms with Gasteiger partial charge in [-0.2, -0.15) is 63.4 Å². The standard InChI is InChI=1S/C45H32N10O13S4.C24H38N12O10S2.4Li.2Na/c56-45(46-27-1-5-29(6-2-27)48-52-41-21-23-43(39-25-34(70-68-66-58)15-19-37(39)41)54-50-31-9-13-33(14-10-31)69-67-65-57)47-28-3-7-30(8-4-28)49-53-42-22-24-44(40-26-36(72(62,63)64)18-20-38(40)42)55-51-32-11-16-35(17-12-32)71(59,60)61;37-10-6-35(7-11-38)23-31-19(25-4-14-47-46-45-41)29-21(33-23)27-17-2-1-3-18(16-17)28-22-30-20(26-5-15-48(42,43)44)32-24(34-22)36(8-12-39)9-13-40;;;;;;/h1-26,57-58H,(H2,46,47,56)(H,59,60,61)(H,62,63,64);1-3,16,37-41H,4-15H2,(H,42,43,44)(H2,25,27,29,31,33)(H2,26,28,30,32,34);;;;;;/q;;6*+1/p-6. The molecule has 2 amide bonds. The summed E-state index contributed by atoms with van der Waals surface area (Å²) in [4.78, 5) is 42.1. The third kappa shape index (κ3) is 35.8. The van der Waals surface area contributed by atoms with Gasteiger partial charge in [-0.15, -0.1) is 20.5 Å². The number of aliphatic hydroxyl groups excluding tert-OH is 4. The zero-order chi connectivity index (χ0) is 85.4. The van der Waals surface area contributed by atoms with Crippen LogP contribution in [0.3, 0.4) is 0 Å². The van der Waals surface area contributed by atoms with Crippen molar-refractivity contribution < 1.29 is 243 Å². The van der Waals surface area contributed by atoms with Gasteiger partial charge in [0.05, 0.1) is 122 Å². The number of benzene rings is 9. The van der Waals surface area contributed by atoms with Gasteiger partial charge in [0.25, 0.3) is 0 Å². The van der Waals surface area contributed by atoms with Crippen LogP contribution in [0.5, 0.6) is 0 Å². The molecule has 0 saturated heterocycles. The number of aliphatic hydroxyl groups is 4. The molecule has 9 aromatic carbocycles. The van der Waals surface area contributed by atoms with Gasteiger partial charge in [-0.25, -0.2) is 30.0 Å². The number of hydrogen-bond donors (Lipinski definition) is 10. The van der Waals surface area contributed by atoms with Gasteiger partial charge >= 0.3 is 141 Å². The molecule has 10 N–H and O–H groups in total. The molecule has 11 aromatic rings. The van der Waals surface area contributed by atoms with E-state index in [0.29, 0.717) is 94.9 Å². The minimum Gasteiger partial charge on any atom is -0.748 e. The zero-order valence-electron chi connectivity index (χ0n) is 67.5. The van der Waals surface area contributed by atoms with Crippen LogP contribution in [0.4, 0.5) is 109 Å². The smallest absolute Gasteiger partial charge is 0.748 e. The first-order valence-corrected chi connectivity index (χ1v) is 41.2. The van der Waals surface area contributed by atoms with Crippen molar-refractivity contribution in [1.82, 2.24) is 29.9 Å². The number of nitrogens with zero attached hydrogens (tertiary/aromatic N) is 16. The Morgan fingerprint density at radius 3 is 1.17 bits per heavy atom. The Morgan fingerprint density at radius 2 is 0.762 bits per heavy atom. The molecule has 0 aliphatic rings. The molecule has 630 valence electrons. The molecule has 0 bridgehead atoms. The largest absolute Gasteiger partial charge is 1.00 e. The van der Waals surface area contributed by atoms with E-state index >= 15 is 0 Å². The minimum absolute atomic E-state index is 0. The molecular weight excluding hydrogens is 1770 g/mol. The van der Waals surface area contributed by atoms with Crippen molar-refractivity contribution in [2.75, 3.05) is 119 Å². The molecule has 0 saturated carbocycles. The maximum absolute atomic E-state index is 12.9. The van der Waals surface area contributed by atoms with E-state index in [0.717, 1.165) is 48.4 Å². The van der Waals surface area contributed by atoms with Crippen molar-refractivity contribution in [2.45, 2.75) is 19.6 Å². The van der Waals surface area contributed by atoms with Crippen molar-refractivity contribution in [3.63, 3.8) is 0 Å². The molecule has 0 spiro atoms. The monoisotopic (exact) mass is 1830 g/mol. The normalized spacial score (nSPS) is 11.3. The van der Waals surface area contributed by atoms with Gasteiger partial charge in [-0.1, -0.05) is 18.2 Å². The Balaban J connectivity index is 0.000000543. The first-order chi connectivity index (χ1) is 57.9. The molecular formula is C69H64Li4N22Na2O23S6. The van der Waals surface area contributed by atoms with Crippen LogP contribution in [0, 0.1) is 0 Å². The summed E-state index contributed by atoms with van der Waals surface area (Å²) in [6.07, 6.45) is 0. The molecule has 0 aliphatic carbocycles. The number of carbonyl (C=O) groups excluding carboxylic acids is 1.